The van der Waals surface area contributed by atoms with Crippen LogP contribution in [0.2, 0.25) is 0 Å². The summed E-state index contributed by atoms with van der Waals surface area (Å²) in [5.74, 6) is -0.449. The van der Waals surface area contributed by atoms with Crippen molar-refractivity contribution < 1.29 is 22.7 Å². The molecule has 3 N–H and O–H groups in total. The molecule has 1 aromatic heterocycles. The number of methoxy groups -OCH3 is 1. The van der Waals surface area contributed by atoms with Crippen LogP contribution >= 0.6 is 11.8 Å². The molecule has 0 saturated heterocycles. The van der Waals surface area contributed by atoms with Crippen molar-refractivity contribution in [2.75, 3.05) is 12.9 Å². The highest BCUT2D eigenvalue weighted by molar-refractivity contribution is 7.99. The van der Waals surface area contributed by atoms with Gasteiger partial charge in [0.05, 0.1) is 34.4 Å². The maximum atomic E-state index is 12.3. The average molecular weight is 463 g/mol. The van der Waals surface area contributed by atoms with Gasteiger partial charge < -0.3 is 14.6 Å². The van der Waals surface area contributed by atoms with Crippen LogP contribution in [0.25, 0.3) is 11.0 Å². The largest absolute Gasteiger partial charge is 0.465 e. The topological polar surface area (TPSA) is 133 Å². The minimum Gasteiger partial charge on any atom is -0.465 e. The van der Waals surface area contributed by atoms with E-state index in [1.165, 1.54) is 31.0 Å². The fraction of sp³-hybridized carbons (Fsp3) is 0.250. The molecule has 2 aromatic carbocycles. The Bertz CT molecular complexity index is 1220. The summed E-state index contributed by atoms with van der Waals surface area (Å²) in [5, 5.41) is 8.63. The summed E-state index contributed by atoms with van der Waals surface area (Å²) in [6, 6.07) is 11.3. The standard InChI is InChI=1S/C20H22N4O5S2/c1-3-24-17-9-8-15(31(21,27)28)10-16(17)23-20(24)30-12-18(25)22-11-13-4-6-14(7-5-13)19(26)29-2/h4-10H,3,11-12H2,1-2H3,(H,22,25)(H2,21,27,28). The molecule has 11 heteroatoms. The molecular weight excluding hydrogens is 440 g/mol. The van der Waals surface area contributed by atoms with Crippen LogP contribution < -0.4 is 10.5 Å². The molecule has 0 aliphatic rings. The first kappa shape index (κ1) is 22.8. The molecule has 1 amide bonds. The second-order valence-electron chi connectivity index (χ2n) is 6.59. The van der Waals surface area contributed by atoms with Crippen LogP contribution in [0.15, 0.2) is 52.5 Å². The maximum absolute atomic E-state index is 12.3. The van der Waals surface area contributed by atoms with Crippen LogP contribution in [0.4, 0.5) is 0 Å². The fourth-order valence-electron chi connectivity index (χ4n) is 2.94. The number of nitrogens with zero attached hydrogens (tertiary/aromatic N) is 2. The molecule has 0 saturated carbocycles. The van der Waals surface area contributed by atoms with Gasteiger partial charge in [-0.05, 0) is 42.8 Å². The smallest absolute Gasteiger partial charge is 0.337 e. The second kappa shape index (κ2) is 9.50. The predicted molar refractivity (Wildman–Crippen MR) is 117 cm³/mol. The highest BCUT2D eigenvalue weighted by Crippen LogP contribution is 2.25. The Morgan fingerprint density at radius 2 is 1.90 bits per heavy atom. The molecule has 0 unspecified atom stereocenters. The first-order chi connectivity index (χ1) is 14.7. The third kappa shape index (κ3) is 5.43. The van der Waals surface area contributed by atoms with Crippen LogP contribution in [0, 0.1) is 0 Å². The molecule has 9 nitrogen and oxygen atoms in total. The number of benzene rings is 2. The monoisotopic (exact) mass is 462 g/mol. The van der Waals surface area contributed by atoms with Crippen molar-refractivity contribution in [1.29, 1.82) is 0 Å². The number of primary sulfonamides is 1. The van der Waals surface area contributed by atoms with E-state index in [-0.39, 0.29) is 16.6 Å². The van der Waals surface area contributed by atoms with Gasteiger partial charge in [0.25, 0.3) is 0 Å². The van der Waals surface area contributed by atoms with Crippen LogP contribution in [0.5, 0.6) is 0 Å². The Balaban J connectivity index is 1.63. The average Bonchev–Trinajstić information content (AvgIpc) is 3.12. The number of imidazole rings is 1. The van der Waals surface area contributed by atoms with Gasteiger partial charge in [-0.1, -0.05) is 23.9 Å². The first-order valence-electron chi connectivity index (χ1n) is 9.32. The Labute approximate surface area is 184 Å². The van der Waals surface area contributed by atoms with Gasteiger partial charge in [0.15, 0.2) is 5.16 Å². The molecule has 0 bridgehead atoms. The zero-order valence-corrected chi connectivity index (χ0v) is 18.6. The first-order valence-corrected chi connectivity index (χ1v) is 11.9. The van der Waals surface area contributed by atoms with Gasteiger partial charge in [0.2, 0.25) is 15.9 Å². The number of nitrogens with two attached hydrogens (primary N) is 1. The summed E-state index contributed by atoms with van der Waals surface area (Å²) in [6.45, 7) is 2.88. The Morgan fingerprint density at radius 3 is 2.52 bits per heavy atom. The van der Waals surface area contributed by atoms with E-state index in [4.69, 9.17) is 5.14 Å². The molecule has 3 aromatic rings. The summed E-state index contributed by atoms with van der Waals surface area (Å²) in [7, 11) is -2.50. The summed E-state index contributed by atoms with van der Waals surface area (Å²) in [4.78, 5) is 28.2. The minimum absolute atomic E-state index is 0.00624. The normalized spacial score (nSPS) is 11.5. The number of rotatable bonds is 8. The Kier molecular flexibility index (Phi) is 6.98. The highest BCUT2D eigenvalue weighted by atomic mass is 32.2. The van der Waals surface area contributed by atoms with Crippen LogP contribution in [0.1, 0.15) is 22.8 Å². The third-order valence-electron chi connectivity index (χ3n) is 4.53. The summed E-state index contributed by atoms with van der Waals surface area (Å²) in [6.07, 6.45) is 0. The van der Waals surface area contributed by atoms with E-state index < -0.39 is 16.0 Å². The lowest BCUT2D eigenvalue weighted by Gasteiger charge is -2.07. The number of esters is 1. The number of carbonyl (C=O) groups is 2. The van der Waals surface area contributed by atoms with E-state index in [0.717, 1.165) is 11.1 Å². The number of amides is 1. The van der Waals surface area contributed by atoms with Gasteiger partial charge in [0.1, 0.15) is 0 Å². The van der Waals surface area contributed by atoms with Gasteiger partial charge in [-0.25, -0.2) is 23.3 Å². The van der Waals surface area contributed by atoms with Crippen molar-refractivity contribution in [3.8, 4) is 0 Å². The zero-order valence-electron chi connectivity index (χ0n) is 17.0. The second-order valence-corrected chi connectivity index (χ2v) is 9.09. The quantitative estimate of drug-likeness (QED) is 0.386. The van der Waals surface area contributed by atoms with Crippen molar-refractivity contribution in [3.05, 3.63) is 53.6 Å². The lowest BCUT2D eigenvalue weighted by Crippen LogP contribution is -2.24. The molecule has 0 atom stereocenters. The number of hydrogen-bond acceptors (Lipinski definition) is 7. The summed E-state index contributed by atoms with van der Waals surface area (Å²) >= 11 is 1.26. The van der Waals surface area contributed by atoms with Crippen molar-refractivity contribution >= 4 is 44.7 Å². The fourth-order valence-corrected chi connectivity index (χ4v) is 4.38. The summed E-state index contributed by atoms with van der Waals surface area (Å²) in [5.41, 5.74) is 2.56. The van der Waals surface area contributed by atoms with Crippen molar-refractivity contribution in [1.82, 2.24) is 14.9 Å². The number of carbonyl (C=O) groups excluding carboxylic acids is 2. The molecule has 0 aliphatic carbocycles. The van der Waals surface area contributed by atoms with Gasteiger partial charge >= 0.3 is 5.97 Å². The molecule has 0 radical (unpaired) electrons. The number of fused-ring (bicyclic) bond motifs is 1. The predicted octanol–water partition coefficient (Wildman–Crippen LogP) is 1.90. The van der Waals surface area contributed by atoms with Crippen molar-refractivity contribution in [3.63, 3.8) is 0 Å². The minimum atomic E-state index is -3.82. The Morgan fingerprint density at radius 1 is 1.19 bits per heavy atom. The van der Waals surface area contributed by atoms with E-state index in [1.54, 1.807) is 30.3 Å². The van der Waals surface area contributed by atoms with Crippen molar-refractivity contribution in [2.45, 2.75) is 30.1 Å². The van der Waals surface area contributed by atoms with Crippen LogP contribution in [-0.4, -0.2) is 42.7 Å². The lowest BCUT2D eigenvalue weighted by atomic mass is 10.1. The molecule has 1 heterocycles. The SMILES string of the molecule is CCn1c(SCC(=O)NCc2ccc(C(=O)OC)cc2)nc2cc(S(N)(=O)=O)ccc21. The number of hydrogen-bond donors (Lipinski definition) is 2. The highest BCUT2D eigenvalue weighted by Gasteiger charge is 2.15. The molecule has 31 heavy (non-hydrogen) atoms. The van der Waals surface area contributed by atoms with Crippen LogP contribution in [0.3, 0.4) is 0 Å². The molecule has 0 aliphatic heterocycles. The van der Waals surface area contributed by atoms with E-state index in [0.29, 0.717) is 29.3 Å². The van der Waals surface area contributed by atoms with E-state index in [1.807, 2.05) is 11.5 Å². The van der Waals surface area contributed by atoms with Gasteiger partial charge in [-0.3, -0.25) is 4.79 Å². The molecular formula is C20H22N4O5S2. The maximum Gasteiger partial charge on any atom is 0.337 e. The molecule has 3 rings (SSSR count). The number of ether oxygens (including phenoxy) is 1. The molecule has 0 spiro atoms. The van der Waals surface area contributed by atoms with Crippen molar-refractivity contribution in [2.24, 2.45) is 5.14 Å². The Hall–Kier alpha value is -2.89. The third-order valence-corrected chi connectivity index (χ3v) is 6.41. The molecule has 164 valence electrons. The zero-order chi connectivity index (χ0) is 22.6. The number of aromatic nitrogens is 2. The lowest BCUT2D eigenvalue weighted by molar-refractivity contribution is -0.118. The number of thioether (sulfide) groups is 1. The molecule has 0 fully saturated rings. The summed E-state index contributed by atoms with van der Waals surface area (Å²) < 4.78 is 29.7. The number of aryl methyl sites for hydroxylation is 1. The van der Waals surface area contributed by atoms with E-state index >= 15 is 0 Å². The van der Waals surface area contributed by atoms with E-state index in [9.17, 15) is 18.0 Å². The van der Waals surface area contributed by atoms with E-state index in [2.05, 4.69) is 15.0 Å². The van der Waals surface area contributed by atoms with Crippen LogP contribution in [-0.2, 0) is 32.6 Å². The number of nitrogens with one attached hydrogen (secondary N) is 1. The number of sulfonamides is 1. The van der Waals surface area contributed by atoms with Gasteiger partial charge in [-0.2, -0.15) is 0 Å². The van der Waals surface area contributed by atoms with Gasteiger partial charge in [-0.15, -0.1) is 0 Å². The van der Waals surface area contributed by atoms with Gasteiger partial charge in [0, 0.05) is 13.1 Å².